The molecule has 0 bridgehead atoms. The Morgan fingerprint density at radius 1 is 0.240 bits per heavy atom. The van der Waals surface area contributed by atoms with Gasteiger partial charge in [0.2, 0.25) is 0 Å². The van der Waals surface area contributed by atoms with E-state index in [0.29, 0.717) is 0 Å². The van der Waals surface area contributed by atoms with Crippen LogP contribution in [0.3, 0.4) is 0 Å². The van der Waals surface area contributed by atoms with Crippen LogP contribution in [0, 0.1) is 0 Å². The van der Waals surface area contributed by atoms with Gasteiger partial charge in [-0.1, -0.05) is 0 Å². The summed E-state index contributed by atoms with van der Waals surface area (Å²) < 4.78 is 159. The second kappa shape index (κ2) is 14.3. The number of hydrogen-bond acceptors (Lipinski definition) is 10. The zero-order chi connectivity index (χ0) is 22.5. The molecule has 0 aliphatic heterocycles. The molecular weight excluding hydrogens is 580 g/mol. The first-order valence-electron chi connectivity index (χ1n) is 3.49. The molecule has 0 aromatic carbocycles. The van der Waals surface area contributed by atoms with E-state index in [2.05, 4.69) is 0 Å². The van der Waals surface area contributed by atoms with Crippen molar-refractivity contribution in [3.8, 4) is 0 Å². The van der Waals surface area contributed by atoms with Crippen molar-refractivity contribution < 1.29 is 148 Å². The molecule has 25 heavy (non-hydrogen) atoms. The van der Waals surface area contributed by atoms with Crippen LogP contribution in [-0.2, 0) is 106 Å². The molecule has 0 rings (SSSR count). The predicted molar refractivity (Wildman–Crippen MR) is 29.1 cm³/mol. The molecule has 0 heterocycles. The van der Waals surface area contributed by atoms with Crippen LogP contribution in [0.2, 0.25) is 0 Å². The van der Waals surface area contributed by atoms with Crippen LogP contribution in [0.5, 0.6) is 0 Å². The summed E-state index contributed by atoms with van der Waals surface area (Å²) in [5, 5.41) is 0. The molecular formula is H10Cr5O20. The van der Waals surface area contributed by atoms with E-state index in [1.807, 2.05) is 0 Å². The summed E-state index contributed by atoms with van der Waals surface area (Å²) >= 11 is -26.2. The molecule has 0 amide bonds. The van der Waals surface area contributed by atoms with E-state index >= 15 is 0 Å². The van der Waals surface area contributed by atoms with E-state index in [-0.39, 0.29) is 0 Å². The molecule has 0 saturated heterocycles. The van der Waals surface area contributed by atoms with E-state index < -0.39 is 68.1 Å². The summed E-state index contributed by atoms with van der Waals surface area (Å²) in [5.41, 5.74) is 0. The monoisotopic (exact) mass is 590 g/mol. The second-order valence-corrected chi connectivity index (χ2v) is 9.23. The second-order valence-electron chi connectivity index (χ2n) is 2.24. The van der Waals surface area contributed by atoms with Crippen molar-refractivity contribution in [3.63, 3.8) is 0 Å². The average molecular weight is 590 g/mol. The van der Waals surface area contributed by atoms with Crippen molar-refractivity contribution in [1.82, 2.24) is 0 Å². The van der Waals surface area contributed by atoms with Crippen LogP contribution >= 0.6 is 0 Å². The Bertz CT molecular complexity index is 608. The van der Waals surface area contributed by atoms with Crippen molar-refractivity contribution in [1.29, 1.82) is 0 Å². The van der Waals surface area contributed by atoms with E-state index in [9.17, 15) is 0 Å². The standard InChI is InChI=1S/5Cr.10H2O.10O/h;;;;;10*1H2;;;;;;;;;;/q5*+2;;;;;;;;;;;;;;;;;;;;/p-10. The topological polar surface area (TPSA) is 373 Å². The zero-order valence-electron chi connectivity index (χ0n) is 10.6. The molecule has 10 N–H and O–H groups in total. The predicted octanol–water partition coefficient (Wildman–Crippen LogP) is -6.77. The van der Waals surface area contributed by atoms with Gasteiger partial charge in [0.25, 0.3) is 0 Å². The Morgan fingerprint density at radius 3 is 0.240 bits per heavy atom. The van der Waals surface area contributed by atoms with Gasteiger partial charge in [0, 0.05) is 0 Å². The van der Waals surface area contributed by atoms with E-state index in [1.54, 1.807) is 0 Å². The summed E-state index contributed by atoms with van der Waals surface area (Å²) in [7, 11) is 0. The molecule has 0 aliphatic carbocycles. The summed E-state index contributed by atoms with van der Waals surface area (Å²) in [4.78, 5) is 0. The van der Waals surface area contributed by atoms with Crippen LogP contribution in [0.4, 0.5) is 0 Å². The minimum absolute atomic E-state index is 5.25. The van der Waals surface area contributed by atoms with Gasteiger partial charge in [-0.2, -0.15) is 0 Å². The van der Waals surface area contributed by atoms with Gasteiger partial charge < -0.3 is 0 Å². The molecule has 0 aliphatic rings. The van der Waals surface area contributed by atoms with Gasteiger partial charge in [-0.05, 0) is 0 Å². The molecule has 160 valence electrons. The third kappa shape index (κ3) is 175000. The summed E-state index contributed by atoms with van der Waals surface area (Å²) in [6.07, 6.45) is 0. The summed E-state index contributed by atoms with van der Waals surface area (Å²) in [5.74, 6) is 0. The fourth-order valence-corrected chi connectivity index (χ4v) is 0. The van der Waals surface area contributed by atoms with Gasteiger partial charge in [-0.3, -0.25) is 0 Å². The maximum absolute atomic E-state index is 8.82. The molecule has 0 unspecified atom stereocenters. The van der Waals surface area contributed by atoms with Gasteiger partial charge >= 0.3 is 148 Å². The Morgan fingerprint density at radius 2 is 0.240 bits per heavy atom. The van der Waals surface area contributed by atoms with Crippen LogP contribution in [0.15, 0.2) is 0 Å². The first-order chi connectivity index (χ1) is 10.0. The summed E-state index contributed by atoms with van der Waals surface area (Å²) in [6, 6.07) is 0. The fourth-order valence-electron chi connectivity index (χ4n) is 0. The normalized spacial score (nSPS) is 11.6. The van der Waals surface area contributed by atoms with Crippen molar-refractivity contribution in [3.05, 3.63) is 0 Å². The minimum atomic E-state index is -5.25. The number of rotatable bonds is 0. The molecule has 0 aromatic heterocycles. The third-order valence-corrected chi connectivity index (χ3v) is 0. The third-order valence-electron chi connectivity index (χ3n) is 0. The van der Waals surface area contributed by atoms with Crippen LogP contribution in [0.25, 0.3) is 0 Å². The van der Waals surface area contributed by atoms with Gasteiger partial charge in [0.1, 0.15) is 0 Å². The van der Waals surface area contributed by atoms with Gasteiger partial charge in [0.05, 0.1) is 0 Å². The Kier molecular flexibility index (Phi) is 20.8. The maximum atomic E-state index is 8.82. The van der Waals surface area contributed by atoms with Gasteiger partial charge in [-0.15, -0.1) is 0 Å². The molecule has 0 aromatic rings. The average Bonchev–Trinajstić information content (AvgIpc) is 1.79. The SMILES string of the molecule is [O]=[Cr](=[O])([OH])[OH].[O]=[Cr](=[O])([OH])[OH].[O]=[Cr](=[O])([OH])[OH].[O]=[Cr](=[O])([OH])[OH].[O]=[Cr](=[O])([OH])[OH]. The van der Waals surface area contributed by atoms with E-state index in [4.69, 9.17) is 79.6 Å². The Labute approximate surface area is 147 Å². The van der Waals surface area contributed by atoms with Crippen molar-refractivity contribution >= 4 is 0 Å². The first kappa shape index (κ1) is 36.2. The van der Waals surface area contributed by atoms with Crippen molar-refractivity contribution in [2.75, 3.05) is 0 Å². The summed E-state index contributed by atoms with van der Waals surface area (Å²) in [6.45, 7) is 0. The van der Waals surface area contributed by atoms with Crippen molar-refractivity contribution in [2.45, 2.75) is 0 Å². The Hall–Kier alpha value is 0.262. The van der Waals surface area contributed by atoms with Gasteiger partial charge in [0.15, 0.2) is 0 Å². The molecule has 0 fully saturated rings. The molecule has 0 radical (unpaired) electrons. The van der Waals surface area contributed by atoms with Crippen LogP contribution in [0.1, 0.15) is 0 Å². The first-order valence-corrected chi connectivity index (χ1v) is 14.4. The van der Waals surface area contributed by atoms with Crippen LogP contribution < -0.4 is 0 Å². The molecule has 0 spiro atoms. The Balaban J connectivity index is -0.0000000667. The fraction of sp³-hybridized carbons (Fsp3) is 0. The quantitative estimate of drug-likeness (QED) is 0.125. The number of hydrogen-bond donors (Lipinski definition) is 10. The van der Waals surface area contributed by atoms with Gasteiger partial charge in [-0.25, -0.2) is 0 Å². The van der Waals surface area contributed by atoms with E-state index in [1.165, 1.54) is 0 Å². The molecule has 25 heteroatoms. The van der Waals surface area contributed by atoms with Crippen molar-refractivity contribution in [2.24, 2.45) is 0 Å². The molecule has 20 nitrogen and oxygen atoms in total. The molecule has 0 atom stereocenters. The molecule has 0 saturated carbocycles. The van der Waals surface area contributed by atoms with E-state index in [0.717, 1.165) is 0 Å². The van der Waals surface area contributed by atoms with Crippen LogP contribution in [-0.4, -0.2) is 41.6 Å². The zero-order valence-corrected chi connectivity index (χ0v) is 17.0.